The Balaban J connectivity index is 1.79. The van der Waals surface area contributed by atoms with E-state index in [9.17, 15) is 5.11 Å². The lowest BCUT2D eigenvalue weighted by atomic mass is 10.1. The minimum Gasteiger partial charge on any atom is -0.488 e. The molecular weight excluding hydrogens is 309 g/mol. The molecule has 1 fully saturated rings. The third kappa shape index (κ3) is 5.67. The Kier molecular flexibility index (Phi) is 7.11. The lowest BCUT2D eigenvalue weighted by Gasteiger charge is -2.26. The zero-order chi connectivity index (χ0) is 15.1. The Bertz CT molecular complexity index is 414. The lowest BCUT2D eigenvalue weighted by molar-refractivity contribution is 0.0655. The highest BCUT2D eigenvalue weighted by Crippen LogP contribution is 2.32. The number of hydrogen-bond acceptors (Lipinski definition) is 3. The summed E-state index contributed by atoms with van der Waals surface area (Å²) in [4.78, 5) is 2.32. The minimum absolute atomic E-state index is 0.208. The second-order valence-electron chi connectivity index (χ2n) is 5.58. The number of nitrogens with zero attached hydrogens (tertiary/aromatic N) is 1. The number of para-hydroxylation sites is 1. The van der Waals surface area contributed by atoms with Crippen LogP contribution in [0.15, 0.2) is 18.2 Å². The zero-order valence-corrected chi connectivity index (χ0v) is 13.7. The Labute approximate surface area is 136 Å². The molecule has 0 amide bonds. The molecule has 5 heteroatoms. The van der Waals surface area contributed by atoms with E-state index < -0.39 is 6.10 Å². The molecule has 0 radical (unpaired) electrons. The van der Waals surface area contributed by atoms with Gasteiger partial charge in [-0.25, -0.2) is 0 Å². The summed E-state index contributed by atoms with van der Waals surface area (Å²) < 4.78 is 5.59. The fraction of sp³-hybridized carbons (Fsp3) is 0.625. The van der Waals surface area contributed by atoms with E-state index in [2.05, 4.69) is 4.90 Å². The van der Waals surface area contributed by atoms with Crippen molar-refractivity contribution in [2.45, 2.75) is 38.2 Å². The van der Waals surface area contributed by atoms with Gasteiger partial charge in [-0.15, -0.1) is 0 Å². The summed E-state index contributed by atoms with van der Waals surface area (Å²) in [6, 6.07) is 5.23. The SMILES string of the molecule is OC(COc1c(Cl)cccc1Cl)CN1CCCCCCC1. The van der Waals surface area contributed by atoms with E-state index in [-0.39, 0.29) is 6.61 Å². The van der Waals surface area contributed by atoms with Crippen LogP contribution in [0.25, 0.3) is 0 Å². The molecule has 0 saturated carbocycles. The van der Waals surface area contributed by atoms with Gasteiger partial charge in [0.15, 0.2) is 5.75 Å². The molecule has 1 aromatic rings. The van der Waals surface area contributed by atoms with Crippen molar-refractivity contribution in [2.24, 2.45) is 0 Å². The molecule has 1 atom stereocenters. The maximum Gasteiger partial charge on any atom is 0.156 e. The van der Waals surface area contributed by atoms with Crippen LogP contribution in [-0.2, 0) is 0 Å². The number of aliphatic hydroxyl groups excluding tert-OH is 1. The maximum atomic E-state index is 10.2. The van der Waals surface area contributed by atoms with Gasteiger partial charge in [0.25, 0.3) is 0 Å². The molecule has 1 aliphatic rings. The van der Waals surface area contributed by atoms with Gasteiger partial charge in [0.05, 0.1) is 10.0 Å². The van der Waals surface area contributed by atoms with Crippen LogP contribution < -0.4 is 4.74 Å². The highest BCUT2D eigenvalue weighted by atomic mass is 35.5. The van der Waals surface area contributed by atoms with Crippen molar-refractivity contribution in [3.8, 4) is 5.75 Å². The largest absolute Gasteiger partial charge is 0.488 e. The maximum absolute atomic E-state index is 10.2. The van der Waals surface area contributed by atoms with Crippen LogP contribution in [0.3, 0.4) is 0 Å². The van der Waals surface area contributed by atoms with E-state index in [0.717, 1.165) is 13.1 Å². The first kappa shape index (κ1) is 16.9. The predicted molar refractivity (Wildman–Crippen MR) is 87.5 cm³/mol. The molecule has 1 saturated heterocycles. The van der Waals surface area contributed by atoms with Gasteiger partial charge in [0.2, 0.25) is 0 Å². The summed E-state index contributed by atoms with van der Waals surface area (Å²) in [5.74, 6) is 0.451. The monoisotopic (exact) mass is 331 g/mol. The summed E-state index contributed by atoms with van der Waals surface area (Å²) >= 11 is 12.1. The van der Waals surface area contributed by atoms with E-state index in [4.69, 9.17) is 27.9 Å². The van der Waals surface area contributed by atoms with Crippen molar-refractivity contribution in [1.82, 2.24) is 4.90 Å². The molecule has 2 rings (SSSR count). The van der Waals surface area contributed by atoms with E-state index in [0.29, 0.717) is 22.3 Å². The van der Waals surface area contributed by atoms with Gasteiger partial charge in [-0.2, -0.15) is 0 Å². The Morgan fingerprint density at radius 2 is 1.62 bits per heavy atom. The molecule has 1 heterocycles. The average Bonchev–Trinajstić information content (AvgIpc) is 2.41. The fourth-order valence-corrected chi connectivity index (χ4v) is 3.15. The normalized spacial score (nSPS) is 18.8. The number of benzene rings is 1. The summed E-state index contributed by atoms with van der Waals surface area (Å²) in [6.07, 6.45) is 5.81. The molecule has 0 spiro atoms. The Hall–Kier alpha value is -0.480. The highest BCUT2D eigenvalue weighted by molar-refractivity contribution is 6.37. The van der Waals surface area contributed by atoms with Crippen molar-refractivity contribution < 1.29 is 9.84 Å². The molecule has 1 N–H and O–H groups in total. The van der Waals surface area contributed by atoms with Crippen molar-refractivity contribution in [1.29, 1.82) is 0 Å². The van der Waals surface area contributed by atoms with Crippen molar-refractivity contribution in [3.63, 3.8) is 0 Å². The molecule has 21 heavy (non-hydrogen) atoms. The van der Waals surface area contributed by atoms with Crippen LogP contribution in [0.2, 0.25) is 10.0 Å². The molecule has 1 aliphatic heterocycles. The molecular formula is C16H23Cl2NO2. The molecule has 1 aromatic carbocycles. The van der Waals surface area contributed by atoms with Crippen LogP contribution in [0, 0.1) is 0 Å². The van der Waals surface area contributed by atoms with E-state index in [1.54, 1.807) is 18.2 Å². The summed E-state index contributed by atoms with van der Waals surface area (Å²) in [5, 5.41) is 11.1. The first-order chi connectivity index (χ1) is 10.2. The highest BCUT2D eigenvalue weighted by Gasteiger charge is 2.15. The lowest BCUT2D eigenvalue weighted by Crippen LogP contribution is -2.37. The topological polar surface area (TPSA) is 32.7 Å². The van der Waals surface area contributed by atoms with Gasteiger partial charge in [-0.1, -0.05) is 48.5 Å². The average molecular weight is 332 g/mol. The van der Waals surface area contributed by atoms with Crippen molar-refractivity contribution in [2.75, 3.05) is 26.2 Å². The van der Waals surface area contributed by atoms with Gasteiger partial charge >= 0.3 is 0 Å². The Morgan fingerprint density at radius 1 is 1.05 bits per heavy atom. The summed E-state index contributed by atoms with van der Waals surface area (Å²) in [7, 11) is 0. The standard InChI is InChI=1S/C16H23Cl2NO2/c17-14-7-6-8-15(18)16(14)21-12-13(20)11-19-9-4-2-1-3-5-10-19/h6-8,13,20H,1-5,9-12H2. The van der Waals surface area contributed by atoms with Crippen LogP contribution in [0.1, 0.15) is 32.1 Å². The molecule has 0 bridgehead atoms. The first-order valence-corrected chi connectivity index (χ1v) is 8.39. The van der Waals surface area contributed by atoms with Crippen molar-refractivity contribution >= 4 is 23.2 Å². The van der Waals surface area contributed by atoms with Crippen molar-refractivity contribution in [3.05, 3.63) is 28.2 Å². The van der Waals surface area contributed by atoms with Gasteiger partial charge < -0.3 is 14.7 Å². The number of likely N-dealkylation sites (tertiary alicyclic amines) is 1. The van der Waals surface area contributed by atoms with E-state index in [1.165, 1.54) is 32.1 Å². The number of hydrogen-bond donors (Lipinski definition) is 1. The quantitative estimate of drug-likeness (QED) is 0.885. The smallest absolute Gasteiger partial charge is 0.156 e. The molecule has 3 nitrogen and oxygen atoms in total. The predicted octanol–water partition coefficient (Wildman–Crippen LogP) is 4.00. The summed E-state index contributed by atoms with van der Waals surface area (Å²) in [6.45, 7) is 2.97. The van der Waals surface area contributed by atoms with Gasteiger partial charge in [-0.3, -0.25) is 0 Å². The van der Waals surface area contributed by atoms with Crippen LogP contribution >= 0.6 is 23.2 Å². The van der Waals surface area contributed by atoms with Crippen LogP contribution in [-0.4, -0.2) is 42.4 Å². The molecule has 0 aliphatic carbocycles. The molecule has 0 aromatic heterocycles. The Morgan fingerprint density at radius 3 is 2.24 bits per heavy atom. The number of ether oxygens (including phenoxy) is 1. The van der Waals surface area contributed by atoms with E-state index >= 15 is 0 Å². The number of aliphatic hydroxyl groups is 1. The zero-order valence-electron chi connectivity index (χ0n) is 12.2. The van der Waals surface area contributed by atoms with E-state index in [1.807, 2.05) is 0 Å². The third-order valence-corrected chi connectivity index (χ3v) is 4.35. The van der Waals surface area contributed by atoms with Gasteiger partial charge in [0.1, 0.15) is 12.7 Å². The molecule has 1 unspecified atom stereocenters. The van der Waals surface area contributed by atoms with Crippen LogP contribution in [0.5, 0.6) is 5.75 Å². The third-order valence-electron chi connectivity index (χ3n) is 3.76. The number of β-amino-alcohol motifs (C(OH)–C–C–N with tert-alkyl or cyclic N) is 1. The second kappa shape index (κ2) is 8.84. The van der Waals surface area contributed by atoms with Crippen LogP contribution in [0.4, 0.5) is 0 Å². The minimum atomic E-state index is -0.531. The summed E-state index contributed by atoms with van der Waals surface area (Å²) in [5.41, 5.74) is 0. The number of halogens is 2. The molecule has 118 valence electrons. The second-order valence-corrected chi connectivity index (χ2v) is 6.40. The van der Waals surface area contributed by atoms with Gasteiger partial charge in [-0.05, 0) is 38.1 Å². The first-order valence-electron chi connectivity index (χ1n) is 7.64. The fourth-order valence-electron chi connectivity index (χ4n) is 2.65. The van der Waals surface area contributed by atoms with Gasteiger partial charge in [0, 0.05) is 6.54 Å². The number of rotatable bonds is 5.